The van der Waals surface area contributed by atoms with E-state index >= 15 is 0 Å². The number of carbonyl (C=O) groups excluding carboxylic acids is 2. The Kier molecular flexibility index (Phi) is 8.73. The molecular weight excluding hydrogens is 344 g/mol. The summed E-state index contributed by atoms with van der Waals surface area (Å²) < 4.78 is 4.18. The fraction of sp³-hybridized carbons (Fsp3) is 0.353. The molecule has 1 fully saturated rings. The molecule has 1 unspecified atom stereocenters. The summed E-state index contributed by atoms with van der Waals surface area (Å²) in [6.45, 7) is 4.79. The minimum atomic E-state index is -1.01. The van der Waals surface area contributed by atoms with Crippen molar-refractivity contribution in [2.24, 2.45) is 0 Å². The van der Waals surface area contributed by atoms with E-state index in [2.05, 4.69) is 29.3 Å². The molecule has 2 N–H and O–H groups in total. The Morgan fingerprint density at radius 2 is 2.24 bits per heavy atom. The molecule has 2 atom stereocenters. The molecule has 0 aromatic heterocycles. The van der Waals surface area contributed by atoms with Gasteiger partial charge in [-0.15, -0.1) is 0 Å². The van der Waals surface area contributed by atoms with E-state index in [4.69, 9.17) is 5.11 Å². The summed E-state index contributed by atoms with van der Waals surface area (Å²) in [7, 11) is 1.88. The summed E-state index contributed by atoms with van der Waals surface area (Å²) in [6, 6.07) is 6.02. The molecule has 1 amide bonds. The molecule has 1 aliphatic heterocycles. The molecule has 0 bridgehead atoms. The second-order valence-corrected chi connectivity index (χ2v) is 6.17. The van der Waals surface area contributed by atoms with Crippen LogP contribution in [0, 0.1) is 0 Å². The highest BCUT2D eigenvalue weighted by Gasteiger charge is 2.32. The number of aromatic carboxylic acids is 1. The van der Waals surface area contributed by atoms with Crippen LogP contribution in [0.2, 0.25) is 0 Å². The van der Waals surface area contributed by atoms with E-state index in [1.54, 1.807) is 12.1 Å². The van der Waals surface area contributed by atoms with Gasteiger partial charge in [-0.05, 0) is 31.7 Å². The number of nitrogens with one attached hydrogen (secondary N) is 1. The highest BCUT2D eigenvalue weighted by atomic mass is 32.1. The predicted octanol–water partition coefficient (Wildman–Crippen LogP) is 1.67. The fourth-order valence-corrected chi connectivity index (χ4v) is 2.80. The highest BCUT2D eigenvalue weighted by molar-refractivity contribution is 7.81. The van der Waals surface area contributed by atoms with Gasteiger partial charge >= 0.3 is 5.97 Å². The zero-order chi connectivity index (χ0) is 18.8. The molecule has 1 aromatic rings. The summed E-state index contributed by atoms with van der Waals surface area (Å²) in [6.07, 6.45) is 2.21. The third-order valence-corrected chi connectivity index (χ3v) is 3.86. The number of likely N-dealkylation sites (tertiary alicyclic amines) is 1. The number of nitrogens with zero attached hydrogens (tertiary/aromatic N) is 1. The molecular formula is C17H22N2O5S. The van der Waals surface area contributed by atoms with Crippen LogP contribution in [-0.2, 0) is 14.3 Å². The maximum atomic E-state index is 12.1. The second-order valence-electron chi connectivity index (χ2n) is 5.44. The number of amides is 1. The Morgan fingerprint density at radius 1 is 1.52 bits per heavy atom. The lowest BCUT2D eigenvalue weighted by molar-refractivity contribution is -0.127. The van der Waals surface area contributed by atoms with Gasteiger partial charge < -0.3 is 15.2 Å². The van der Waals surface area contributed by atoms with E-state index in [9.17, 15) is 14.4 Å². The standard InChI is InChI=1S/C13H16N2O3S.C4H6O2/c1-15-7-10(19)6-11(15)12(16)14-9-4-2-3-8(5-9)13(17)18;1-2-3-6-4-5/h2-5,10-11,19H,6-7H2,1H3,(H,14,16)(H,17,18);2,4H,1,3H2/t10?,11-;/m0./s1. The number of hydrogen-bond acceptors (Lipinski definition) is 6. The van der Waals surface area contributed by atoms with Gasteiger partial charge in [-0.25, -0.2) is 4.79 Å². The monoisotopic (exact) mass is 366 g/mol. The van der Waals surface area contributed by atoms with E-state index in [1.165, 1.54) is 18.2 Å². The van der Waals surface area contributed by atoms with Crippen molar-refractivity contribution in [1.29, 1.82) is 0 Å². The number of carboxylic acids is 1. The lowest BCUT2D eigenvalue weighted by Gasteiger charge is -2.18. The highest BCUT2D eigenvalue weighted by Crippen LogP contribution is 2.21. The summed E-state index contributed by atoms with van der Waals surface area (Å²) in [5, 5.41) is 11.9. The van der Waals surface area contributed by atoms with Crippen LogP contribution in [0.4, 0.5) is 5.69 Å². The van der Waals surface area contributed by atoms with Gasteiger partial charge in [0, 0.05) is 17.5 Å². The molecule has 7 nitrogen and oxygen atoms in total. The Morgan fingerprint density at radius 3 is 2.72 bits per heavy atom. The zero-order valence-corrected chi connectivity index (χ0v) is 14.8. The van der Waals surface area contributed by atoms with Gasteiger partial charge in [0.1, 0.15) is 6.61 Å². The average molecular weight is 366 g/mol. The molecule has 0 radical (unpaired) electrons. The third kappa shape index (κ3) is 6.98. The van der Waals surface area contributed by atoms with Crippen LogP contribution in [0.1, 0.15) is 16.8 Å². The van der Waals surface area contributed by atoms with Gasteiger partial charge in [-0.2, -0.15) is 12.6 Å². The first kappa shape index (κ1) is 20.7. The van der Waals surface area contributed by atoms with Crippen LogP contribution in [0.3, 0.4) is 0 Å². The third-order valence-electron chi connectivity index (χ3n) is 3.49. The quantitative estimate of drug-likeness (QED) is 0.307. The van der Waals surface area contributed by atoms with E-state index in [0.29, 0.717) is 25.2 Å². The van der Waals surface area contributed by atoms with Crippen LogP contribution in [-0.4, -0.2) is 59.8 Å². The minimum absolute atomic E-state index is 0.124. The summed E-state index contributed by atoms with van der Waals surface area (Å²) in [5.41, 5.74) is 0.658. The Balaban J connectivity index is 0.000000450. The van der Waals surface area contributed by atoms with Crippen LogP contribution < -0.4 is 5.32 Å². The number of rotatable bonds is 6. The second kappa shape index (κ2) is 10.5. The fourth-order valence-electron chi connectivity index (χ4n) is 2.34. The Labute approximate surface area is 152 Å². The Bertz CT molecular complexity index is 615. The van der Waals surface area contributed by atoms with Gasteiger partial charge in [0.25, 0.3) is 6.47 Å². The SMILES string of the molecule is C=CCOC=O.CN1CC(S)C[C@H]1C(=O)Nc1cccc(C(=O)O)c1. The van der Waals surface area contributed by atoms with E-state index in [0.717, 1.165) is 6.54 Å². The van der Waals surface area contributed by atoms with Crippen molar-refractivity contribution in [1.82, 2.24) is 4.90 Å². The predicted molar refractivity (Wildman–Crippen MR) is 98.1 cm³/mol. The van der Waals surface area contributed by atoms with Gasteiger partial charge in [0.05, 0.1) is 11.6 Å². The van der Waals surface area contributed by atoms with E-state index in [-0.39, 0.29) is 22.8 Å². The molecule has 1 heterocycles. The van der Waals surface area contributed by atoms with E-state index in [1.807, 2.05) is 11.9 Å². The van der Waals surface area contributed by atoms with Crippen molar-refractivity contribution in [2.45, 2.75) is 17.7 Å². The van der Waals surface area contributed by atoms with Crippen molar-refractivity contribution in [3.05, 3.63) is 42.5 Å². The molecule has 0 aliphatic carbocycles. The van der Waals surface area contributed by atoms with Gasteiger partial charge in [-0.1, -0.05) is 18.7 Å². The van der Waals surface area contributed by atoms with E-state index < -0.39 is 5.97 Å². The van der Waals surface area contributed by atoms with Crippen molar-refractivity contribution in [3.63, 3.8) is 0 Å². The summed E-state index contributed by atoms with van der Waals surface area (Å²) in [5.74, 6) is -1.13. The number of thiol groups is 1. The molecule has 25 heavy (non-hydrogen) atoms. The number of carboxylic acid groups (broad SMARTS) is 1. The molecule has 8 heteroatoms. The van der Waals surface area contributed by atoms with Crippen molar-refractivity contribution in [2.75, 3.05) is 25.5 Å². The lowest BCUT2D eigenvalue weighted by atomic mass is 10.1. The number of ether oxygens (including phenoxy) is 1. The molecule has 1 aliphatic rings. The maximum absolute atomic E-state index is 12.1. The van der Waals surface area contributed by atoms with Crippen molar-refractivity contribution in [3.8, 4) is 0 Å². The van der Waals surface area contributed by atoms with Crippen molar-refractivity contribution < 1.29 is 24.2 Å². The van der Waals surface area contributed by atoms with Crippen molar-refractivity contribution >= 4 is 36.7 Å². The minimum Gasteiger partial charge on any atom is -0.478 e. The summed E-state index contributed by atoms with van der Waals surface area (Å²) >= 11 is 4.38. The van der Waals surface area contributed by atoms with Crippen LogP contribution >= 0.6 is 12.6 Å². The molecule has 2 rings (SSSR count). The van der Waals surface area contributed by atoms with Gasteiger partial charge in [0.15, 0.2) is 0 Å². The van der Waals surface area contributed by atoms with Crippen LogP contribution in [0.15, 0.2) is 36.9 Å². The molecule has 0 spiro atoms. The number of carbonyl (C=O) groups is 3. The Hall–Kier alpha value is -2.32. The largest absolute Gasteiger partial charge is 0.478 e. The smallest absolute Gasteiger partial charge is 0.335 e. The normalized spacial score (nSPS) is 19.3. The first-order valence-corrected chi connectivity index (χ1v) is 8.09. The van der Waals surface area contributed by atoms with Gasteiger partial charge in [-0.3, -0.25) is 14.5 Å². The first-order valence-electron chi connectivity index (χ1n) is 7.57. The first-order chi connectivity index (χ1) is 11.9. The number of hydrogen-bond donors (Lipinski definition) is 3. The van der Waals surface area contributed by atoms with Crippen LogP contribution in [0.25, 0.3) is 0 Å². The molecule has 136 valence electrons. The molecule has 1 aromatic carbocycles. The topological polar surface area (TPSA) is 95.9 Å². The van der Waals surface area contributed by atoms with Gasteiger partial charge in [0.2, 0.25) is 5.91 Å². The molecule has 1 saturated heterocycles. The van der Waals surface area contributed by atoms with Crippen LogP contribution in [0.5, 0.6) is 0 Å². The average Bonchev–Trinajstić information content (AvgIpc) is 2.92. The number of anilines is 1. The number of benzene rings is 1. The number of likely N-dealkylation sites (N-methyl/N-ethyl adjacent to an activating group) is 1. The maximum Gasteiger partial charge on any atom is 0.335 e. The lowest BCUT2D eigenvalue weighted by Crippen LogP contribution is -2.37. The molecule has 0 saturated carbocycles. The zero-order valence-electron chi connectivity index (χ0n) is 13.9. The summed E-state index contributed by atoms with van der Waals surface area (Å²) in [4.78, 5) is 34.2.